The number of hydrogen-bond donors (Lipinski definition) is 1. The minimum atomic E-state index is -0.00119. The second-order valence-corrected chi connectivity index (χ2v) is 8.92. The van der Waals surface area contributed by atoms with Gasteiger partial charge < -0.3 is 14.6 Å². The Bertz CT molecular complexity index is 1050. The fraction of sp³-hybridized carbons (Fsp3) is 0.444. The Hall–Kier alpha value is -3.19. The molecule has 1 saturated heterocycles. The van der Waals surface area contributed by atoms with Crippen molar-refractivity contribution >= 4 is 5.91 Å². The van der Waals surface area contributed by atoms with Gasteiger partial charge in [0.25, 0.3) is 0 Å². The Morgan fingerprint density at radius 2 is 1.97 bits per heavy atom. The summed E-state index contributed by atoms with van der Waals surface area (Å²) in [5.74, 6) is 2.23. The van der Waals surface area contributed by atoms with Crippen LogP contribution in [0.4, 0.5) is 0 Å². The minimum absolute atomic E-state index is 0.00119. The summed E-state index contributed by atoms with van der Waals surface area (Å²) < 4.78 is 11.0. The zero-order chi connectivity index (χ0) is 23.8. The Kier molecular flexibility index (Phi) is 8.31. The third-order valence-electron chi connectivity index (χ3n) is 6.19. The number of hydrogen-bond acceptors (Lipinski definition) is 6. The number of nitrogens with zero attached hydrogens (tertiary/aromatic N) is 3. The Morgan fingerprint density at radius 1 is 1.18 bits per heavy atom. The van der Waals surface area contributed by atoms with E-state index in [4.69, 9.17) is 9.26 Å². The molecule has 2 aromatic carbocycles. The highest BCUT2D eigenvalue weighted by Crippen LogP contribution is 2.21. The highest BCUT2D eigenvalue weighted by molar-refractivity contribution is 5.78. The summed E-state index contributed by atoms with van der Waals surface area (Å²) in [7, 11) is 0. The van der Waals surface area contributed by atoms with Crippen LogP contribution < -0.4 is 10.1 Å². The van der Waals surface area contributed by atoms with Crippen molar-refractivity contribution in [2.24, 2.45) is 5.92 Å². The number of likely N-dealkylation sites (tertiary alicyclic amines) is 1. The molecule has 2 heterocycles. The molecule has 0 aliphatic carbocycles. The summed E-state index contributed by atoms with van der Waals surface area (Å²) >= 11 is 0. The van der Waals surface area contributed by atoms with Crippen LogP contribution in [-0.4, -0.2) is 47.2 Å². The van der Waals surface area contributed by atoms with Gasteiger partial charge >= 0.3 is 0 Å². The zero-order valence-corrected chi connectivity index (χ0v) is 20.1. The highest BCUT2D eigenvalue weighted by atomic mass is 16.5. The number of carbonyl (C=O) groups excluding carboxylic acids is 1. The first kappa shape index (κ1) is 24.0. The van der Waals surface area contributed by atoms with Crippen LogP contribution in [0.15, 0.2) is 53.1 Å². The summed E-state index contributed by atoms with van der Waals surface area (Å²) in [4.78, 5) is 19.5. The molecule has 1 aliphatic rings. The number of amides is 1. The lowest BCUT2D eigenvalue weighted by atomic mass is 9.97. The van der Waals surface area contributed by atoms with Gasteiger partial charge in [0.1, 0.15) is 5.75 Å². The summed E-state index contributed by atoms with van der Waals surface area (Å²) in [6, 6.07) is 16.3. The van der Waals surface area contributed by atoms with Gasteiger partial charge in [-0.15, -0.1) is 0 Å². The number of ether oxygens (including phenoxy) is 1. The number of benzene rings is 2. The van der Waals surface area contributed by atoms with E-state index in [1.165, 1.54) is 11.1 Å². The van der Waals surface area contributed by atoms with Gasteiger partial charge in [-0.05, 0) is 63.8 Å². The van der Waals surface area contributed by atoms with Crippen molar-refractivity contribution in [2.75, 3.05) is 26.2 Å². The van der Waals surface area contributed by atoms with E-state index in [2.05, 4.69) is 39.4 Å². The molecule has 7 nitrogen and oxygen atoms in total. The Morgan fingerprint density at radius 3 is 2.74 bits per heavy atom. The van der Waals surface area contributed by atoms with Crippen LogP contribution in [0.2, 0.25) is 0 Å². The average Bonchev–Trinajstić information content (AvgIpc) is 3.32. The maximum Gasteiger partial charge on any atom is 0.241 e. The van der Waals surface area contributed by atoms with E-state index >= 15 is 0 Å². The summed E-state index contributed by atoms with van der Waals surface area (Å²) in [6.45, 7) is 7.61. The van der Waals surface area contributed by atoms with Gasteiger partial charge in [-0.25, -0.2) is 0 Å². The Balaban J connectivity index is 1.20. The van der Waals surface area contributed by atoms with E-state index in [0.717, 1.165) is 43.5 Å². The lowest BCUT2D eigenvalue weighted by Crippen LogP contribution is -2.43. The number of nitrogens with one attached hydrogen (secondary N) is 1. The monoisotopic (exact) mass is 462 g/mol. The average molecular weight is 463 g/mol. The maximum absolute atomic E-state index is 12.7. The van der Waals surface area contributed by atoms with Crippen LogP contribution >= 0.6 is 0 Å². The fourth-order valence-corrected chi connectivity index (χ4v) is 4.31. The summed E-state index contributed by atoms with van der Waals surface area (Å²) in [6.07, 6.45) is 3.76. The zero-order valence-electron chi connectivity index (χ0n) is 20.1. The SMILES string of the molecule is CCOc1ccc(CCCNC(=O)C2CCCN(Cc3nc(-c4ccc(C)cc4)no3)C2)cc1. The molecule has 1 unspecified atom stereocenters. The summed E-state index contributed by atoms with van der Waals surface area (Å²) in [5.41, 5.74) is 3.40. The number of rotatable bonds is 10. The van der Waals surface area contributed by atoms with Crippen LogP contribution in [0.1, 0.15) is 43.2 Å². The molecule has 1 amide bonds. The molecule has 3 aromatic rings. The molecule has 1 aliphatic heterocycles. The Labute approximate surface area is 201 Å². The number of piperidine rings is 1. The molecule has 1 atom stereocenters. The molecule has 0 spiro atoms. The fourth-order valence-electron chi connectivity index (χ4n) is 4.31. The largest absolute Gasteiger partial charge is 0.494 e. The van der Waals surface area contributed by atoms with Gasteiger partial charge in [0, 0.05) is 18.7 Å². The molecule has 1 aromatic heterocycles. The molecule has 0 radical (unpaired) electrons. The van der Waals surface area contributed by atoms with E-state index in [-0.39, 0.29) is 11.8 Å². The molecule has 1 N–H and O–H groups in total. The van der Waals surface area contributed by atoms with E-state index in [9.17, 15) is 4.79 Å². The van der Waals surface area contributed by atoms with E-state index in [1.54, 1.807) is 0 Å². The number of carbonyl (C=O) groups is 1. The molecular weight excluding hydrogens is 428 g/mol. The van der Waals surface area contributed by atoms with Crippen molar-refractivity contribution in [1.82, 2.24) is 20.4 Å². The molecule has 180 valence electrons. The topological polar surface area (TPSA) is 80.5 Å². The molecule has 4 rings (SSSR count). The standard InChI is InChI=1S/C27H34N4O3/c1-3-33-24-14-10-21(11-15-24)6-4-16-28-27(32)23-7-5-17-31(18-23)19-25-29-26(30-34-25)22-12-8-20(2)9-13-22/h8-15,23H,3-7,16-19H2,1-2H3,(H,28,32). The molecular formula is C27H34N4O3. The van der Waals surface area contributed by atoms with Crippen molar-refractivity contribution in [3.05, 3.63) is 65.5 Å². The van der Waals surface area contributed by atoms with Gasteiger partial charge in [-0.2, -0.15) is 4.98 Å². The number of aromatic nitrogens is 2. The molecule has 0 bridgehead atoms. The van der Waals surface area contributed by atoms with Gasteiger partial charge in [0.05, 0.1) is 19.1 Å². The predicted octanol–water partition coefficient (Wildman–Crippen LogP) is 4.40. The molecule has 34 heavy (non-hydrogen) atoms. The van der Waals surface area contributed by atoms with Crippen LogP contribution in [0.3, 0.4) is 0 Å². The van der Waals surface area contributed by atoms with E-state index in [1.807, 2.05) is 43.3 Å². The van der Waals surface area contributed by atoms with Gasteiger partial charge in [0.2, 0.25) is 17.6 Å². The van der Waals surface area contributed by atoms with Gasteiger partial charge in [-0.3, -0.25) is 9.69 Å². The quantitative estimate of drug-likeness (QED) is 0.450. The first-order chi connectivity index (χ1) is 16.6. The van der Waals surface area contributed by atoms with E-state index in [0.29, 0.717) is 38.0 Å². The lowest BCUT2D eigenvalue weighted by Gasteiger charge is -2.30. The molecule has 7 heteroatoms. The van der Waals surface area contributed by atoms with Crippen molar-refractivity contribution < 1.29 is 14.1 Å². The normalized spacial score (nSPS) is 16.4. The first-order valence-corrected chi connectivity index (χ1v) is 12.2. The maximum atomic E-state index is 12.7. The third kappa shape index (κ3) is 6.67. The second-order valence-electron chi connectivity index (χ2n) is 8.92. The van der Waals surface area contributed by atoms with Gasteiger partial charge in [0.15, 0.2) is 0 Å². The van der Waals surface area contributed by atoms with Crippen LogP contribution in [0.5, 0.6) is 5.75 Å². The lowest BCUT2D eigenvalue weighted by molar-refractivity contribution is -0.126. The highest BCUT2D eigenvalue weighted by Gasteiger charge is 2.26. The first-order valence-electron chi connectivity index (χ1n) is 12.2. The molecule has 1 fully saturated rings. The van der Waals surface area contributed by atoms with Crippen molar-refractivity contribution in [3.8, 4) is 17.1 Å². The predicted molar refractivity (Wildman–Crippen MR) is 131 cm³/mol. The van der Waals surface area contributed by atoms with Crippen LogP contribution in [-0.2, 0) is 17.8 Å². The smallest absolute Gasteiger partial charge is 0.241 e. The minimum Gasteiger partial charge on any atom is -0.494 e. The summed E-state index contributed by atoms with van der Waals surface area (Å²) in [5, 5.41) is 7.25. The van der Waals surface area contributed by atoms with Crippen molar-refractivity contribution in [1.29, 1.82) is 0 Å². The second kappa shape index (κ2) is 11.8. The van der Waals surface area contributed by atoms with Crippen LogP contribution in [0.25, 0.3) is 11.4 Å². The van der Waals surface area contributed by atoms with Gasteiger partial charge in [-0.1, -0.05) is 47.1 Å². The molecule has 0 saturated carbocycles. The van der Waals surface area contributed by atoms with Crippen LogP contribution in [0, 0.1) is 12.8 Å². The van der Waals surface area contributed by atoms with Crippen molar-refractivity contribution in [2.45, 2.75) is 46.1 Å². The van der Waals surface area contributed by atoms with Crippen molar-refractivity contribution in [3.63, 3.8) is 0 Å². The number of aryl methyl sites for hydroxylation is 2. The van der Waals surface area contributed by atoms with E-state index < -0.39 is 0 Å². The third-order valence-corrected chi connectivity index (χ3v) is 6.19.